The molecule has 0 radical (unpaired) electrons. The number of rotatable bonds is 8. The van der Waals surface area contributed by atoms with E-state index >= 15 is 0 Å². The van der Waals surface area contributed by atoms with Gasteiger partial charge < -0.3 is 19.9 Å². The van der Waals surface area contributed by atoms with Crippen LogP contribution in [-0.2, 0) is 11.3 Å². The Bertz CT molecular complexity index is 1190. The van der Waals surface area contributed by atoms with E-state index < -0.39 is 12.6 Å². The summed E-state index contributed by atoms with van der Waals surface area (Å²) in [6.45, 7) is -0.123. The molecular formula is C19H14N4O5S2. The van der Waals surface area contributed by atoms with Crippen LogP contribution in [0.5, 0.6) is 17.4 Å². The normalized spacial score (nSPS) is 10.7. The van der Waals surface area contributed by atoms with Crippen LogP contribution in [-0.4, -0.2) is 37.3 Å². The van der Waals surface area contributed by atoms with Gasteiger partial charge in [-0.25, -0.2) is 9.78 Å². The van der Waals surface area contributed by atoms with Crippen molar-refractivity contribution in [1.29, 1.82) is 0 Å². The van der Waals surface area contributed by atoms with Crippen LogP contribution >= 0.6 is 23.1 Å². The van der Waals surface area contributed by atoms with Crippen LogP contribution in [0.25, 0.3) is 11.0 Å². The number of carbonyl (C=O) groups is 2. The van der Waals surface area contributed by atoms with Crippen molar-refractivity contribution in [2.24, 2.45) is 0 Å². The summed E-state index contributed by atoms with van der Waals surface area (Å²) >= 11 is 2.30. The Kier molecular flexibility index (Phi) is 5.82. The highest BCUT2D eigenvalue weighted by Crippen LogP contribution is 2.28. The molecule has 0 aliphatic rings. The van der Waals surface area contributed by atoms with Crippen molar-refractivity contribution in [1.82, 2.24) is 19.0 Å². The lowest BCUT2D eigenvalue weighted by Gasteiger charge is -2.08. The van der Waals surface area contributed by atoms with Gasteiger partial charge in [0.05, 0.1) is 17.2 Å². The zero-order valence-corrected chi connectivity index (χ0v) is 16.9. The average Bonchev–Trinajstić information content (AvgIpc) is 3.40. The number of carbonyl (C=O) groups excluding carboxylic acids is 1. The second-order valence-electron chi connectivity index (χ2n) is 6.01. The third-order valence-electron chi connectivity index (χ3n) is 3.92. The molecule has 2 aromatic carbocycles. The molecule has 2 aromatic heterocycles. The number of aromatic nitrogens is 3. The van der Waals surface area contributed by atoms with Crippen LogP contribution in [0.2, 0.25) is 0 Å². The molecule has 1 amide bonds. The number of fused-ring (bicyclic) bond motifs is 1. The number of nitrogens with zero attached hydrogens (tertiary/aromatic N) is 3. The summed E-state index contributed by atoms with van der Waals surface area (Å²) in [6, 6.07) is 12.1. The van der Waals surface area contributed by atoms with Crippen molar-refractivity contribution < 1.29 is 24.2 Å². The zero-order valence-electron chi connectivity index (χ0n) is 15.3. The SMILES string of the molecule is O=C(O)COc1ccc(CNC(=O)c2scnc2Oc2ccc3nsnc3c2)cc1. The summed E-state index contributed by atoms with van der Waals surface area (Å²) in [5, 5.41) is 11.4. The van der Waals surface area contributed by atoms with Crippen molar-refractivity contribution in [3.63, 3.8) is 0 Å². The molecule has 0 bridgehead atoms. The van der Waals surface area contributed by atoms with E-state index in [0.29, 0.717) is 16.4 Å². The van der Waals surface area contributed by atoms with Crippen LogP contribution in [0, 0.1) is 0 Å². The van der Waals surface area contributed by atoms with Gasteiger partial charge in [-0.3, -0.25) is 4.79 Å². The summed E-state index contributed by atoms with van der Waals surface area (Å²) in [6.07, 6.45) is 0. The second-order valence-corrected chi connectivity index (χ2v) is 7.40. The van der Waals surface area contributed by atoms with Crippen LogP contribution in [0.3, 0.4) is 0 Å². The number of hydrogen-bond donors (Lipinski definition) is 2. The Morgan fingerprint density at radius 2 is 1.80 bits per heavy atom. The van der Waals surface area contributed by atoms with E-state index in [1.54, 1.807) is 48.0 Å². The number of amides is 1. The monoisotopic (exact) mass is 442 g/mol. The van der Waals surface area contributed by atoms with Crippen LogP contribution in [0.4, 0.5) is 0 Å². The highest BCUT2D eigenvalue weighted by atomic mass is 32.1. The fourth-order valence-corrected chi connectivity index (χ4v) is 3.65. The summed E-state index contributed by atoms with van der Waals surface area (Å²) in [4.78, 5) is 27.6. The Morgan fingerprint density at radius 1 is 1.03 bits per heavy atom. The van der Waals surface area contributed by atoms with Gasteiger partial charge in [0.25, 0.3) is 5.91 Å². The number of hydrogen-bond acceptors (Lipinski definition) is 9. The molecule has 2 heterocycles. The van der Waals surface area contributed by atoms with Crippen LogP contribution < -0.4 is 14.8 Å². The van der Waals surface area contributed by atoms with Crippen molar-refractivity contribution in [3.8, 4) is 17.4 Å². The van der Waals surface area contributed by atoms with E-state index in [9.17, 15) is 9.59 Å². The summed E-state index contributed by atoms with van der Waals surface area (Å²) in [7, 11) is 0. The molecule has 9 nitrogen and oxygen atoms in total. The molecule has 0 spiro atoms. The van der Waals surface area contributed by atoms with E-state index in [2.05, 4.69) is 19.0 Å². The standard InChI is InChI=1S/C19H14N4O5S2/c24-16(25)9-27-12-3-1-11(2-4-12)8-20-18(26)17-19(21-10-29-17)28-13-5-6-14-15(7-13)23-30-22-14/h1-7,10H,8-9H2,(H,20,26)(H,24,25). The van der Waals surface area contributed by atoms with Gasteiger partial charge in [0.1, 0.15) is 22.5 Å². The topological polar surface area (TPSA) is 124 Å². The largest absolute Gasteiger partial charge is 0.482 e. The minimum absolute atomic E-state index is 0.220. The fraction of sp³-hybridized carbons (Fsp3) is 0.105. The molecule has 152 valence electrons. The summed E-state index contributed by atoms with van der Waals surface area (Å²) < 4.78 is 19.2. The first-order valence-electron chi connectivity index (χ1n) is 8.64. The fourth-order valence-electron chi connectivity index (χ4n) is 2.51. The van der Waals surface area contributed by atoms with E-state index in [1.807, 2.05) is 0 Å². The van der Waals surface area contributed by atoms with Gasteiger partial charge in [-0.2, -0.15) is 8.75 Å². The molecule has 0 aliphatic heterocycles. The second kappa shape index (κ2) is 8.84. The van der Waals surface area contributed by atoms with Gasteiger partial charge in [-0.15, -0.1) is 11.3 Å². The van der Waals surface area contributed by atoms with Gasteiger partial charge >= 0.3 is 5.97 Å². The van der Waals surface area contributed by atoms with Crippen LogP contribution in [0.15, 0.2) is 48.0 Å². The lowest BCUT2D eigenvalue weighted by molar-refractivity contribution is -0.139. The molecule has 2 N–H and O–H groups in total. The maximum atomic E-state index is 12.6. The third kappa shape index (κ3) is 4.70. The predicted molar refractivity (Wildman–Crippen MR) is 110 cm³/mol. The number of carboxylic acids is 1. The Labute approximate surface area is 178 Å². The Balaban J connectivity index is 1.37. The van der Waals surface area contributed by atoms with Crippen molar-refractivity contribution in [2.45, 2.75) is 6.54 Å². The first-order valence-corrected chi connectivity index (χ1v) is 10.2. The number of carboxylic acid groups (broad SMARTS) is 1. The molecule has 0 saturated carbocycles. The van der Waals surface area contributed by atoms with Gasteiger partial charge in [0, 0.05) is 12.6 Å². The molecule has 0 aliphatic carbocycles. The molecule has 4 rings (SSSR count). The quantitative estimate of drug-likeness (QED) is 0.426. The van der Waals surface area contributed by atoms with Gasteiger partial charge in [0.15, 0.2) is 11.5 Å². The van der Waals surface area contributed by atoms with E-state index in [0.717, 1.165) is 28.3 Å². The maximum absolute atomic E-state index is 12.6. The Morgan fingerprint density at radius 3 is 2.60 bits per heavy atom. The molecule has 0 unspecified atom stereocenters. The third-order valence-corrected chi connectivity index (χ3v) is 5.28. The molecule has 0 fully saturated rings. The summed E-state index contributed by atoms with van der Waals surface area (Å²) in [5.74, 6) is -0.172. The molecule has 0 saturated heterocycles. The van der Waals surface area contributed by atoms with E-state index in [4.69, 9.17) is 14.6 Å². The molecule has 30 heavy (non-hydrogen) atoms. The number of aliphatic carboxylic acids is 1. The van der Waals surface area contributed by atoms with Crippen molar-refractivity contribution in [2.75, 3.05) is 6.61 Å². The highest BCUT2D eigenvalue weighted by molar-refractivity contribution is 7.12. The zero-order chi connectivity index (χ0) is 20.9. The lowest BCUT2D eigenvalue weighted by Crippen LogP contribution is -2.22. The number of benzene rings is 2. The maximum Gasteiger partial charge on any atom is 0.341 e. The van der Waals surface area contributed by atoms with E-state index in [-0.39, 0.29) is 18.3 Å². The number of nitrogens with one attached hydrogen (secondary N) is 1. The smallest absolute Gasteiger partial charge is 0.341 e. The minimum atomic E-state index is -1.04. The molecule has 4 aromatic rings. The molecular weight excluding hydrogens is 428 g/mol. The number of ether oxygens (including phenoxy) is 2. The first-order chi connectivity index (χ1) is 14.6. The minimum Gasteiger partial charge on any atom is -0.482 e. The van der Waals surface area contributed by atoms with Crippen LogP contribution in [0.1, 0.15) is 15.2 Å². The lowest BCUT2D eigenvalue weighted by atomic mass is 10.2. The van der Waals surface area contributed by atoms with E-state index in [1.165, 1.54) is 11.3 Å². The first kappa shape index (κ1) is 19.7. The predicted octanol–water partition coefficient (Wildman–Crippen LogP) is 3.33. The summed E-state index contributed by atoms with van der Waals surface area (Å²) in [5.41, 5.74) is 3.87. The van der Waals surface area contributed by atoms with Gasteiger partial charge in [-0.1, -0.05) is 12.1 Å². The van der Waals surface area contributed by atoms with Gasteiger partial charge in [0.2, 0.25) is 5.88 Å². The van der Waals surface area contributed by atoms with Crippen molar-refractivity contribution >= 4 is 46.0 Å². The highest BCUT2D eigenvalue weighted by Gasteiger charge is 2.17. The number of thiazole rings is 1. The Hall–Kier alpha value is -3.57. The van der Waals surface area contributed by atoms with Gasteiger partial charge in [-0.05, 0) is 29.8 Å². The molecule has 11 heteroatoms. The average molecular weight is 442 g/mol. The molecule has 0 atom stereocenters. The van der Waals surface area contributed by atoms with Crippen molar-refractivity contribution in [3.05, 3.63) is 58.4 Å².